The molecule has 158 valence electrons. The summed E-state index contributed by atoms with van der Waals surface area (Å²) in [6.45, 7) is 1.97. The Morgan fingerprint density at radius 1 is 0.933 bits per heavy atom. The molecule has 5 nitrogen and oxygen atoms in total. The van der Waals surface area contributed by atoms with Gasteiger partial charge in [-0.2, -0.15) is 0 Å². The van der Waals surface area contributed by atoms with Crippen LogP contribution < -0.4 is 0 Å². The molecule has 0 N–H and O–H groups in total. The van der Waals surface area contributed by atoms with Crippen molar-refractivity contribution in [3.63, 3.8) is 0 Å². The van der Waals surface area contributed by atoms with E-state index in [1.165, 1.54) is 22.5 Å². The van der Waals surface area contributed by atoms with Crippen LogP contribution in [0.4, 0.5) is 0 Å². The highest BCUT2D eigenvalue weighted by Gasteiger charge is 2.47. The van der Waals surface area contributed by atoms with Gasteiger partial charge in [-0.3, -0.25) is 14.6 Å². The predicted octanol–water partition coefficient (Wildman–Crippen LogP) is 3.39. The molecule has 0 aromatic heterocycles. The van der Waals surface area contributed by atoms with Gasteiger partial charge < -0.3 is 0 Å². The second-order valence-electron chi connectivity index (χ2n) is 7.59. The third-order valence-electron chi connectivity index (χ3n) is 5.43. The topological polar surface area (TPSA) is 57.7 Å². The molecule has 0 aliphatic carbocycles. The van der Waals surface area contributed by atoms with Crippen LogP contribution in [0.2, 0.25) is 0 Å². The van der Waals surface area contributed by atoms with Gasteiger partial charge in [0.05, 0.1) is 0 Å². The smallest absolute Gasteiger partial charge is 0.273 e. The number of aryl methyl sites for hydroxylation is 1. The molecule has 3 rings (SSSR count). The summed E-state index contributed by atoms with van der Waals surface area (Å²) < 4.78 is 11.4. The van der Waals surface area contributed by atoms with Crippen LogP contribution in [-0.2, 0) is 33.7 Å². The fraction of sp³-hybridized carbons (Fsp3) is 0.375. The molecule has 0 spiro atoms. The second-order valence-corrected chi connectivity index (χ2v) is 8.20. The number of hydrazine groups is 1. The molecule has 1 saturated heterocycles. The molecule has 2 aromatic rings. The van der Waals surface area contributed by atoms with Crippen LogP contribution in [-0.4, -0.2) is 43.5 Å². The Morgan fingerprint density at radius 2 is 1.53 bits per heavy atom. The summed E-state index contributed by atoms with van der Waals surface area (Å²) in [6, 6.07) is 19.8. The number of benzene rings is 2. The first-order valence-electron chi connectivity index (χ1n) is 10.5. The zero-order valence-corrected chi connectivity index (χ0v) is 18.1. The van der Waals surface area contributed by atoms with E-state index in [-0.39, 0.29) is 34.0 Å². The van der Waals surface area contributed by atoms with Gasteiger partial charge in [0, 0.05) is 19.9 Å². The Labute approximate surface area is 181 Å². The lowest BCUT2D eigenvalue weighted by atomic mass is 9.96. The minimum Gasteiger partial charge on any atom is -0.273 e. The number of hydrogen-bond donors (Lipinski definition) is 0. The van der Waals surface area contributed by atoms with Gasteiger partial charge in [0.15, 0.2) is 0 Å². The summed E-state index contributed by atoms with van der Waals surface area (Å²) in [5, 5.41) is 3.01. The van der Waals surface area contributed by atoms with Crippen molar-refractivity contribution in [3.8, 4) is 0 Å². The van der Waals surface area contributed by atoms with Gasteiger partial charge in [0.2, 0.25) is 5.91 Å². The molecule has 1 aliphatic heterocycles. The number of hydrogen-bond acceptors (Lipinski definition) is 3. The van der Waals surface area contributed by atoms with Gasteiger partial charge in [0.1, 0.15) is 22.2 Å². The van der Waals surface area contributed by atoms with E-state index in [0.717, 1.165) is 37.7 Å². The van der Waals surface area contributed by atoms with Gasteiger partial charge in [-0.15, -0.1) is 0 Å². The zero-order valence-electron chi connectivity index (χ0n) is 17.3. The number of amides is 2. The fourth-order valence-corrected chi connectivity index (χ4v) is 4.29. The lowest BCUT2D eigenvalue weighted by Crippen LogP contribution is -2.69. The van der Waals surface area contributed by atoms with E-state index in [2.05, 4.69) is 24.3 Å². The molecule has 2 amide bonds. The molecule has 1 fully saturated rings. The molecular formula is C24H28N2O3S. The van der Waals surface area contributed by atoms with Gasteiger partial charge in [-0.05, 0) is 30.4 Å². The van der Waals surface area contributed by atoms with Crippen LogP contribution in [0.1, 0.15) is 43.7 Å². The molecule has 0 bridgehead atoms. The van der Waals surface area contributed by atoms with Crippen LogP contribution in [0.3, 0.4) is 0 Å². The second kappa shape index (κ2) is 10.9. The maximum Gasteiger partial charge on any atom is 0.284 e. The van der Waals surface area contributed by atoms with E-state index in [1.807, 2.05) is 36.4 Å². The van der Waals surface area contributed by atoms with Crippen LogP contribution in [0.15, 0.2) is 60.7 Å². The van der Waals surface area contributed by atoms with Crippen molar-refractivity contribution in [2.45, 2.75) is 51.5 Å². The average molecular weight is 425 g/mol. The molecule has 30 heavy (non-hydrogen) atoms. The van der Waals surface area contributed by atoms with E-state index in [0.29, 0.717) is 13.0 Å². The molecular weight excluding hydrogens is 396 g/mol. The SMILES string of the molecule is CC(=O)N(CCCCCCc1ccccc1)N1C(=O)C(=S=O)C1Cc1ccccc1. The van der Waals surface area contributed by atoms with Crippen LogP contribution in [0.5, 0.6) is 0 Å². The Balaban J connectivity index is 1.53. The summed E-state index contributed by atoms with van der Waals surface area (Å²) in [7, 11) is 0. The van der Waals surface area contributed by atoms with Gasteiger partial charge in [0.25, 0.3) is 5.91 Å². The molecule has 1 heterocycles. The minimum atomic E-state index is -0.357. The average Bonchev–Trinajstić information content (AvgIpc) is 2.76. The van der Waals surface area contributed by atoms with Crippen LogP contribution >= 0.6 is 0 Å². The molecule has 6 heteroatoms. The Kier molecular flexibility index (Phi) is 7.97. The Bertz CT molecular complexity index is 911. The van der Waals surface area contributed by atoms with Crippen molar-refractivity contribution in [1.29, 1.82) is 0 Å². The number of unbranched alkanes of at least 4 members (excludes halogenated alkanes) is 3. The van der Waals surface area contributed by atoms with E-state index in [9.17, 15) is 13.8 Å². The molecule has 1 unspecified atom stereocenters. The number of nitrogens with zero attached hydrogens (tertiary/aromatic N) is 2. The molecule has 0 radical (unpaired) electrons. The van der Waals surface area contributed by atoms with E-state index >= 15 is 0 Å². The standard InChI is InChI=1S/C24H28N2O3S/c1-19(27)25(17-11-3-2-6-12-20-13-7-4-8-14-20)26-22(23(30-29)24(26)28)18-21-15-9-5-10-16-21/h4-5,7-10,13-16,22H,2-3,6,11-12,17-18H2,1H3. The monoisotopic (exact) mass is 424 g/mol. The maximum atomic E-state index is 12.5. The first kappa shape index (κ1) is 22.0. The lowest BCUT2D eigenvalue weighted by molar-refractivity contribution is -0.166. The zero-order chi connectivity index (χ0) is 21.3. The predicted molar refractivity (Wildman–Crippen MR) is 120 cm³/mol. The van der Waals surface area contributed by atoms with Crippen molar-refractivity contribution < 1.29 is 13.8 Å². The van der Waals surface area contributed by atoms with Crippen molar-refractivity contribution in [2.24, 2.45) is 0 Å². The summed E-state index contributed by atoms with van der Waals surface area (Å²) >= 11 is 0.250. The fourth-order valence-electron chi connectivity index (χ4n) is 3.83. The first-order chi connectivity index (χ1) is 14.6. The summed E-state index contributed by atoms with van der Waals surface area (Å²) in [5.74, 6) is -0.504. The van der Waals surface area contributed by atoms with Gasteiger partial charge in [-0.1, -0.05) is 73.5 Å². The summed E-state index contributed by atoms with van der Waals surface area (Å²) in [6.07, 6.45) is 5.60. The van der Waals surface area contributed by atoms with Gasteiger partial charge in [-0.25, -0.2) is 9.22 Å². The Morgan fingerprint density at radius 3 is 2.13 bits per heavy atom. The third-order valence-corrected chi connectivity index (χ3v) is 6.06. The third kappa shape index (κ3) is 5.45. The van der Waals surface area contributed by atoms with Crippen molar-refractivity contribution >= 4 is 27.9 Å². The normalized spacial score (nSPS) is 15.6. The highest BCUT2D eigenvalue weighted by atomic mass is 32.1. The largest absolute Gasteiger partial charge is 0.284 e. The van der Waals surface area contributed by atoms with Crippen LogP contribution in [0.25, 0.3) is 0 Å². The summed E-state index contributed by atoms with van der Waals surface area (Å²) in [5.41, 5.74) is 2.38. The number of carbonyl (C=O) groups is 2. The highest BCUT2D eigenvalue weighted by molar-refractivity contribution is 7.69. The molecule has 1 atom stereocenters. The van der Waals surface area contributed by atoms with Crippen molar-refractivity contribution in [2.75, 3.05) is 6.54 Å². The van der Waals surface area contributed by atoms with E-state index in [1.54, 1.807) is 0 Å². The van der Waals surface area contributed by atoms with Crippen molar-refractivity contribution in [3.05, 3.63) is 71.8 Å². The van der Waals surface area contributed by atoms with E-state index in [4.69, 9.17) is 0 Å². The highest BCUT2D eigenvalue weighted by Crippen LogP contribution is 2.24. The van der Waals surface area contributed by atoms with Crippen molar-refractivity contribution in [1.82, 2.24) is 10.0 Å². The Hall–Kier alpha value is -2.73. The van der Waals surface area contributed by atoms with Crippen LogP contribution in [0, 0.1) is 0 Å². The first-order valence-corrected chi connectivity index (χ1v) is 11.2. The minimum absolute atomic E-state index is 0.166. The molecule has 1 aliphatic rings. The molecule has 2 aromatic carbocycles. The molecule has 0 saturated carbocycles. The van der Waals surface area contributed by atoms with E-state index < -0.39 is 0 Å². The number of rotatable bonds is 10. The summed E-state index contributed by atoms with van der Waals surface area (Å²) in [4.78, 5) is 25.1. The number of β-lactam (4-membered cyclic amide) rings is 1. The lowest BCUT2D eigenvalue weighted by Gasteiger charge is -2.46. The quantitative estimate of drug-likeness (QED) is 0.334. The number of carbonyl (C=O) groups excluding carboxylic acids is 2. The van der Waals surface area contributed by atoms with Gasteiger partial charge >= 0.3 is 0 Å². The maximum absolute atomic E-state index is 12.5.